The lowest BCUT2D eigenvalue weighted by Crippen LogP contribution is -2.44. The van der Waals surface area contributed by atoms with E-state index in [1.54, 1.807) is 18.3 Å². The van der Waals surface area contributed by atoms with Crippen molar-refractivity contribution in [2.45, 2.75) is 26.3 Å². The van der Waals surface area contributed by atoms with E-state index < -0.39 is 30.5 Å². The number of carbonyl (C=O) groups is 3. The molecule has 1 atom stereocenters. The summed E-state index contributed by atoms with van der Waals surface area (Å²) in [6.07, 6.45) is 2.04. The molecule has 0 unspecified atom stereocenters. The number of rotatable bonds is 7. The molecule has 0 radical (unpaired) electrons. The SMILES string of the molecule is COC(=O)[C@H](Cc1c[nH]c2ccccc12)NC(=O)COC(=O)c1cc(C)cc(C)c1. The van der Waals surface area contributed by atoms with Gasteiger partial charge in [0.2, 0.25) is 0 Å². The van der Waals surface area contributed by atoms with Crippen molar-refractivity contribution in [3.8, 4) is 0 Å². The molecule has 0 spiro atoms. The number of amides is 1. The van der Waals surface area contributed by atoms with Crippen molar-refractivity contribution in [3.05, 3.63) is 70.9 Å². The van der Waals surface area contributed by atoms with Crippen molar-refractivity contribution >= 4 is 28.7 Å². The number of aromatic nitrogens is 1. The zero-order chi connectivity index (χ0) is 21.7. The van der Waals surface area contributed by atoms with Crippen LogP contribution in [0, 0.1) is 13.8 Å². The zero-order valence-corrected chi connectivity index (χ0v) is 17.2. The Balaban J connectivity index is 1.64. The number of aromatic amines is 1. The Morgan fingerprint density at radius 3 is 2.47 bits per heavy atom. The lowest BCUT2D eigenvalue weighted by Gasteiger charge is -2.16. The largest absolute Gasteiger partial charge is 0.467 e. The highest BCUT2D eigenvalue weighted by molar-refractivity contribution is 5.92. The summed E-state index contributed by atoms with van der Waals surface area (Å²) in [4.78, 5) is 39.9. The summed E-state index contributed by atoms with van der Waals surface area (Å²) in [5, 5.41) is 3.56. The summed E-state index contributed by atoms with van der Waals surface area (Å²) in [6.45, 7) is 3.26. The molecule has 1 aromatic heterocycles. The maximum absolute atomic E-state index is 12.3. The van der Waals surface area contributed by atoms with Crippen molar-refractivity contribution in [3.63, 3.8) is 0 Å². The minimum Gasteiger partial charge on any atom is -0.467 e. The van der Waals surface area contributed by atoms with E-state index in [1.807, 2.05) is 44.2 Å². The Hall–Kier alpha value is -3.61. The number of fused-ring (bicyclic) bond motifs is 1. The molecule has 1 heterocycles. The van der Waals surface area contributed by atoms with Gasteiger partial charge in [0.15, 0.2) is 6.61 Å². The molecule has 0 saturated carbocycles. The monoisotopic (exact) mass is 408 g/mol. The van der Waals surface area contributed by atoms with Crippen LogP contribution in [0.3, 0.4) is 0 Å². The number of esters is 2. The van der Waals surface area contributed by atoms with Crippen molar-refractivity contribution in [1.82, 2.24) is 10.3 Å². The predicted molar refractivity (Wildman–Crippen MR) is 112 cm³/mol. The second-order valence-electron chi connectivity index (χ2n) is 7.16. The molecule has 156 valence electrons. The summed E-state index contributed by atoms with van der Waals surface area (Å²) in [6, 6.07) is 12.1. The van der Waals surface area contributed by atoms with Crippen molar-refractivity contribution in [1.29, 1.82) is 0 Å². The molecule has 7 nitrogen and oxygen atoms in total. The number of carbonyl (C=O) groups excluding carboxylic acids is 3. The average Bonchev–Trinajstić information content (AvgIpc) is 3.13. The fourth-order valence-corrected chi connectivity index (χ4v) is 3.40. The first-order valence-electron chi connectivity index (χ1n) is 9.55. The Labute approximate surface area is 174 Å². The predicted octanol–water partition coefficient (Wildman–Crippen LogP) is 2.84. The molecule has 0 aliphatic heterocycles. The van der Waals surface area contributed by atoms with Gasteiger partial charge < -0.3 is 19.8 Å². The highest BCUT2D eigenvalue weighted by atomic mass is 16.5. The van der Waals surface area contributed by atoms with Gasteiger partial charge in [-0.15, -0.1) is 0 Å². The summed E-state index contributed by atoms with van der Waals surface area (Å²) >= 11 is 0. The maximum Gasteiger partial charge on any atom is 0.338 e. The van der Waals surface area contributed by atoms with Crippen molar-refractivity contribution in [2.75, 3.05) is 13.7 Å². The van der Waals surface area contributed by atoms with Crippen LogP contribution in [-0.4, -0.2) is 42.6 Å². The van der Waals surface area contributed by atoms with E-state index >= 15 is 0 Å². The van der Waals surface area contributed by atoms with Gasteiger partial charge in [0.25, 0.3) is 5.91 Å². The molecular formula is C23H24N2O5. The van der Waals surface area contributed by atoms with Gasteiger partial charge in [0, 0.05) is 23.5 Å². The Kier molecular flexibility index (Phi) is 6.51. The van der Waals surface area contributed by atoms with E-state index in [9.17, 15) is 14.4 Å². The molecule has 0 aliphatic carbocycles. The number of methoxy groups -OCH3 is 1. The first-order valence-corrected chi connectivity index (χ1v) is 9.55. The summed E-state index contributed by atoms with van der Waals surface area (Å²) in [5.74, 6) is -1.75. The van der Waals surface area contributed by atoms with Crippen LogP contribution >= 0.6 is 0 Å². The third-order valence-corrected chi connectivity index (χ3v) is 4.71. The number of hydrogen-bond acceptors (Lipinski definition) is 5. The number of para-hydroxylation sites is 1. The van der Waals surface area contributed by atoms with Crippen molar-refractivity contribution < 1.29 is 23.9 Å². The van der Waals surface area contributed by atoms with Crippen LogP contribution in [-0.2, 0) is 25.5 Å². The minimum absolute atomic E-state index is 0.243. The van der Waals surface area contributed by atoms with Crippen LogP contribution in [0.15, 0.2) is 48.7 Å². The molecule has 0 aliphatic rings. The molecule has 3 aromatic rings. The number of ether oxygens (including phenoxy) is 2. The quantitative estimate of drug-likeness (QED) is 0.586. The second-order valence-corrected chi connectivity index (χ2v) is 7.16. The van der Waals surface area contributed by atoms with E-state index in [0.717, 1.165) is 27.6 Å². The fraction of sp³-hybridized carbons (Fsp3) is 0.261. The Bertz CT molecular complexity index is 1070. The molecular weight excluding hydrogens is 384 g/mol. The fourth-order valence-electron chi connectivity index (χ4n) is 3.40. The maximum atomic E-state index is 12.3. The van der Waals surface area contributed by atoms with Crippen LogP contribution in [0.1, 0.15) is 27.0 Å². The number of benzene rings is 2. The van der Waals surface area contributed by atoms with E-state index in [1.165, 1.54) is 7.11 Å². The van der Waals surface area contributed by atoms with Crippen LogP contribution in [0.25, 0.3) is 10.9 Å². The van der Waals surface area contributed by atoms with Crippen molar-refractivity contribution in [2.24, 2.45) is 0 Å². The van der Waals surface area contributed by atoms with Gasteiger partial charge in [-0.05, 0) is 37.6 Å². The highest BCUT2D eigenvalue weighted by Crippen LogP contribution is 2.19. The second kappa shape index (κ2) is 9.26. The van der Waals surface area contributed by atoms with Gasteiger partial charge in [0.1, 0.15) is 6.04 Å². The number of H-pyrrole nitrogens is 1. The third-order valence-electron chi connectivity index (χ3n) is 4.71. The first kappa shape index (κ1) is 21.1. The van der Waals surface area contributed by atoms with Gasteiger partial charge in [-0.1, -0.05) is 35.4 Å². The molecule has 2 N–H and O–H groups in total. The van der Waals surface area contributed by atoms with Crippen LogP contribution in [0.5, 0.6) is 0 Å². The lowest BCUT2D eigenvalue weighted by atomic mass is 10.0. The van der Waals surface area contributed by atoms with Gasteiger partial charge in [-0.2, -0.15) is 0 Å². The molecule has 0 fully saturated rings. The third kappa shape index (κ3) is 5.05. The smallest absolute Gasteiger partial charge is 0.338 e. The molecule has 7 heteroatoms. The Morgan fingerprint density at radius 2 is 1.77 bits per heavy atom. The van der Waals surface area contributed by atoms with Crippen LogP contribution in [0.2, 0.25) is 0 Å². The molecule has 1 amide bonds. The van der Waals surface area contributed by atoms with Gasteiger partial charge in [-0.3, -0.25) is 4.79 Å². The van der Waals surface area contributed by atoms with Gasteiger partial charge in [0.05, 0.1) is 12.7 Å². The van der Waals surface area contributed by atoms with E-state index in [4.69, 9.17) is 9.47 Å². The average molecular weight is 408 g/mol. The lowest BCUT2D eigenvalue weighted by molar-refractivity contribution is -0.145. The highest BCUT2D eigenvalue weighted by Gasteiger charge is 2.24. The van der Waals surface area contributed by atoms with Gasteiger partial charge >= 0.3 is 11.9 Å². The van der Waals surface area contributed by atoms with E-state index in [-0.39, 0.29) is 6.42 Å². The summed E-state index contributed by atoms with van der Waals surface area (Å²) in [7, 11) is 1.26. The summed E-state index contributed by atoms with van der Waals surface area (Å²) < 4.78 is 9.93. The molecule has 30 heavy (non-hydrogen) atoms. The zero-order valence-electron chi connectivity index (χ0n) is 17.2. The number of aryl methyl sites for hydroxylation is 2. The molecule has 0 saturated heterocycles. The standard InChI is InChI=1S/C23H24N2O5/c1-14-8-15(2)10-16(9-14)22(27)30-13-21(26)25-20(23(28)29-3)11-17-12-24-19-7-5-4-6-18(17)19/h4-10,12,20,24H,11,13H2,1-3H3,(H,25,26)/t20-/m0/s1. The summed E-state index contributed by atoms with van der Waals surface area (Å²) in [5.41, 5.74) is 4.04. The minimum atomic E-state index is -0.901. The van der Waals surface area contributed by atoms with Gasteiger partial charge in [-0.25, -0.2) is 9.59 Å². The number of hydrogen-bond donors (Lipinski definition) is 2. The molecule has 3 rings (SSSR count). The molecule has 2 aromatic carbocycles. The number of nitrogens with one attached hydrogen (secondary N) is 2. The topological polar surface area (TPSA) is 97.5 Å². The normalized spacial score (nSPS) is 11.7. The molecule has 0 bridgehead atoms. The van der Waals surface area contributed by atoms with E-state index in [2.05, 4.69) is 10.3 Å². The Morgan fingerprint density at radius 1 is 1.07 bits per heavy atom. The first-order chi connectivity index (χ1) is 14.4. The van der Waals surface area contributed by atoms with Crippen LogP contribution in [0.4, 0.5) is 0 Å². The van der Waals surface area contributed by atoms with Crippen LogP contribution < -0.4 is 5.32 Å². The van der Waals surface area contributed by atoms with E-state index in [0.29, 0.717) is 5.56 Å².